The van der Waals surface area contributed by atoms with E-state index in [0.717, 1.165) is 12.0 Å². The molecule has 3 aromatic rings. The maximum absolute atomic E-state index is 12.5. The lowest BCUT2D eigenvalue weighted by molar-refractivity contribution is 0.0468. The number of benzene rings is 2. The summed E-state index contributed by atoms with van der Waals surface area (Å²) in [5, 5.41) is 4.92. The number of rotatable bonds is 6. The van der Waals surface area contributed by atoms with E-state index >= 15 is 0 Å². The van der Waals surface area contributed by atoms with Crippen molar-refractivity contribution < 1.29 is 14.3 Å². The van der Waals surface area contributed by atoms with E-state index in [1.165, 1.54) is 4.68 Å². The van der Waals surface area contributed by atoms with Crippen molar-refractivity contribution in [3.63, 3.8) is 0 Å². The molecule has 0 saturated heterocycles. The standard InChI is InChI=1S/C21H20N2O4/c1-3-14-9-11-15(12-10-14)18(24)13-27-21(26)19-16-7-5-6-8-17(16)20(25)23(4-2)22-19/h5-12H,3-4,13H2,1-2H3. The largest absolute Gasteiger partial charge is 0.452 e. The monoisotopic (exact) mass is 364 g/mol. The number of carbonyl (C=O) groups is 2. The lowest BCUT2D eigenvalue weighted by Gasteiger charge is -2.09. The summed E-state index contributed by atoms with van der Waals surface area (Å²) >= 11 is 0. The molecule has 2 aromatic carbocycles. The summed E-state index contributed by atoms with van der Waals surface area (Å²) < 4.78 is 6.39. The third kappa shape index (κ3) is 3.79. The smallest absolute Gasteiger partial charge is 0.359 e. The summed E-state index contributed by atoms with van der Waals surface area (Å²) in [6.45, 7) is 3.74. The topological polar surface area (TPSA) is 78.3 Å². The van der Waals surface area contributed by atoms with E-state index in [1.807, 2.05) is 19.1 Å². The molecule has 0 spiro atoms. The molecule has 1 heterocycles. The van der Waals surface area contributed by atoms with E-state index in [9.17, 15) is 14.4 Å². The molecule has 0 aliphatic carbocycles. The van der Waals surface area contributed by atoms with E-state index in [0.29, 0.717) is 22.9 Å². The summed E-state index contributed by atoms with van der Waals surface area (Å²) in [6.07, 6.45) is 0.884. The molecule has 0 aliphatic rings. The van der Waals surface area contributed by atoms with Crippen molar-refractivity contribution in [3.8, 4) is 0 Å². The number of nitrogens with zero attached hydrogens (tertiary/aromatic N) is 2. The zero-order valence-corrected chi connectivity index (χ0v) is 15.3. The Morgan fingerprint density at radius 1 is 1.00 bits per heavy atom. The highest BCUT2D eigenvalue weighted by Crippen LogP contribution is 2.14. The number of aromatic nitrogens is 2. The molecule has 0 bridgehead atoms. The maximum Gasteiger partial charge on any atom is 0.359 e. The van der Waals surface area contributed by atoms with Crippen molar-refractivity contribution in [1.29, 1.82) is 0 Å². The highest BCUT2D eigenvalue weighted by Gasteiger charge is 2.19. The molecule has 0 saturated carbocycles. The summed E-state index contributed by atoms with van der Waals surface area (Å²) in [5.41, 5.74) is 1.37. The minimum atomic E-state index is -0.730. The van der Waals surface area contributed by atoms with Crippen LogP contribution in [0.4, 0.5) is 0 Å². The molecular weight excluding hydrogens is 344 g/mol. The van der Waals surface area contributed by atoms with E-state index in [2.05, 4.69) is 5.10 Å². The van der Waals surface area contributed by atoms with E-state index in [4.69, 9.17) is 4.74 Å². The first kappa shape index (κ1) is 18.5. The number of esters is 1. The van der Waals surface area contributed by atoms with Crippen molar-refractivity contribution in [2.24, 2.45) is 0 Å². The van der Waals surface area contributed by atoms with Gasteiger partial charge in [0.15, 0.2) is 18.1 Å². The van der Waals surface area contributed by atoms with Crippen LogP contribution in [0.1, 0.15) is 40.3 Å². The fourth-order valence-electron chi connectivity index (χ4n) is 2.81. The number of ether oxygens (including phenoxy) is 1. The first-order chi connectivity index (χ1) is 13.0. The van der Waals surface area contributed by atoms with Gasteiger partial charge in [-0.05, 0) is 25.0 Å². The van der Waals surface area contributed by atoms with Gasteiger partial charge in [-0.3, -0.25) is 9.59 Å². The van der Waals surface area contributed by atoms with Crippen molar-refractivity contribution in [2.75, 3.05) is 6.61 Å². The van der Waals surface area contributed by atoms with E-state index in [1.54, 1.807) is 43.3 Å². The molecule has 27 heavy (non-hydrogen) atoms. The number of fused-ring (bicyclic) bond motifs is 1. The Balaban J connectivity index is 1.83. The van der Waals surface area contributed by atoms with Crippen LogP contribution in [-0.4, -0.2) is 28.1 Å². The van der Waals surface area contributed by atoms with Gasteiger partial charge >= 0.3 is 5.97 Å². The van der Waals surface area contributed by atoms with Gasteiger partial charge in [0.05, 0.1) is 5.39 Å². The highest BCUT2D eigenvalue weighted by molar-refractivity contribution is 6.04. The Kier molecular flexibility index (Phi) is 5.45. The highest BCUT2D eigenvalue weighted by atomic mass is 16.5. The van der Waals surface area contributed by atoms with Gasteiger partial charge in [0.2, 0.25) is 0 Å². The third-order valence-electron chi connectivity index (χ3n) is 4.38. The van der Waals surface area contributed by atoms with Crippen molar-refractivity contribution >= 4 is 22.5 Å². The predicted molar refractivity (Wildman–Crippen MR) is 102 cm³/mol. The van der Waals surface area contributed by atoms with Crippen LogP contribution >= 0.6 is 0 Å². The average molecular weight is 364 g/mol. The second kappa shape index (κ2) is 7.95. The quantitative estimate of drug-likeness (QED) is 0.496. The van der Waals surface area contributed by atoms with Crippen LogP contribution in [0.5, 0.6) is 0 Å². The second-order valence-electron chi connectivity index (χ2n) is 6.06. The molecule has 6 heteroatoms. The van der Waals surface area contributed by atoms with Crippen molar-refractivity contribution in [2.45, 2.75) is 26.8 Å². The average Bonchev–Trinajstić information content (AvgIpc) is 2.72. The van der Waals surface area contributed by atoms with Crippen LogP contribution in [0.3, 0.4) is 0 Å². The zero-order valence-electron chi connectivity index (χ0n) is 15.3. The molecule has 0 amide bonds. The molecule has 1 aromatic heterocycles. The third-order valence-corrected chi connectivity index (χ3v) is 4.38. The summed E-state index contributed by atoms with van der Waals surface area (Å²) in [4.78, 5) is 37.1. The number of hydrogen-bond donors (Lipinski definition) is 0. The predicted octanol–water partition coefficient (Wildman–Crippen LogP) is 3.02. The molecule has 0 unspecified atom stereocenters. The van der Waals surface area contributed by atoms with Gasteiger partial charge in [-0.15, -0.1) is 0 Å². The molecule has 6 nitrogen and oxygen atoms in total. The van der Waals surface area contributed by atoms with E-state index < -0.39 is 5.97 Å². The summed E-state index contributed by atoms with van der Waals surface area (Å²) in [5.74, 6) is -1.02. The molecule has 0 atom stereocenters. The molecule has 138 valence electrons. The first-order valence-corrected chi connectivity index (χ1v) is 8.84. The SMILES string of the molecule is CCc1ccc(C(=O)COC(=O)c2nn(CC)c(=O)c3ccccc23)cc1. The van der Waals surface area contributed by atoms with Crippen molar-refractivity contribution in [3.05, 3.63) is 75.7 Å². The molecule has 0 N–H and O–H groups in total. The Bertz CT molecular complexity index is 1050. The normalized spacial score (nSPS) is 10.7. The molecule has 0 fully saturated rings. The van der Waals surface area contributed by atoms with Gasteiger partial charge in [-0.25, -0.2) is 9.48 Å². The Labute approximate surface area is 156 Å². The molecule has 0 aliphatic heterocycles. The van der Waals surface area contributed by atoms with Crippen LogP contribution in [-0.2, 0) is 17.7 Å². The fourth-order valence-corrected chi connectivity index (χ4v) is 2.81. The van der Waals surface area contributed by atoms with Gasteiger partial charge in [-0.1, -0.05) is 49.4 Å². The minimum Gasteiger partial charge on any atom is -0.452 e. The van der Waals surface area contributed by atoms with Crippen molar-refractivity contribution in [1.82, 2.24) is 9.78 Å². The molecular formula is C21H20N2O4. The lowest BCUT2D eigenvalue weighted by atomic mass is 10.1. The van der Waals surface area contributed by atoms with Gasteiger partial charge in [0.25, 0.3) is 5.56 Å². The van der Waals surface area contributed by atoms with Gasteiger partial charge in [0.1, 0.15) is 0 Å². The molecule has 0 radical (unpaired) electrons. The number of hydrogen-bond acceptors (Lipinski definition) is 5. The Morgan fingerprint density at radius 2 is 1.67 bits per heavy atom. The number of carbonyl (C=O) groups excluding carboxylic acids is 2. The molecule has 3 rings (SSSR count). The summed E-state index contributed by atoms with van der Waals surface area (Å²) in [7, 11) is 0. The minimum absolute atomic E-state index is 0.0289. The fraction of sp³-hybridized carbons (Fsp3) is 0.238. The van der Waals surface area contributed by atoms with Crippen LogP contribution in [0.15, 0.2) is 53.3 Å². The lowest BCUT2D eigenvalue weighted by Crippen LogP contribution is -2.26. The van der Waals surface area contributed by atoms with Gasteiger partial charge in [0, 0.05) is 17.5 Å². The van der Waals surface area contributed by atoms with Crippen LogP contribution in [0, 0.1) is 0 Å². The Hall–Kier alpha value is -3.28. The number of aryl methyl sites for hydroxylation is 2. The first-order valence-electron chi connectivity index (χ1n) is 8.84. The zero-order chi connectivity index (χ0) is 19.4. The second-order valence-corrected chi connectivity index (χ2v) is 6.06. The van der Waals surface area contributed by atoms with Crippen LogP contribution in [0.2, 0.25) is 0 Å². The van der Waals surface area contributed by atoms with Crippen LogP contribution in [0.25, 0.3) is 10.8 Å². The van der Waals surface area contributed by atoms with E-state index in [-0.39, 0.29) is 23.6 Å². The van der Waals surface area contributed by atoms with Gasteiger partial charge in [-0.2, -0.15) is 5.10 Å². The summed E-state index contributed by atoms with van der Waals surface area (Å²) in [6, 6.07) is 13.9. The van der Waals surface area contributed by atoms with Gasteiger partial charge < -0.3 is 4.74 Å². The maximum atomic E-state index is 12.5. The number of ketones is 1. The Morgan fingerprint density at radius 3 is 2.30 bits per heavy atom. The van der Waals surface area contributed by atoms with Crippen LogP contribution < -0.4 is 5.56 Å². The number of Topliss-reactive ketones (excluding diaryl/α,β-unsaturated/α-hetero) is 1.